The molecule has 4 atom stereocenters. The van der Waals surface area contributed by atoms with Gasteiger partial charge in [-0.15, -0.1) is 11.3 Å². The zero-order valence-electron chi connectivity index (χ0n) is 29.8. The lowest BCUT2D eigenvalue weighted by atomic mass is 9.85. The van der Waals surface area contributed by atoms with E-state index in [1.165, 1.54) is 16.2 Å². The third kappa shape index (κ3) is 10.1. The van der Waals surface area contributed by atoms with Crippen molar-refractivity contribution in [2.75, 3.05) is 19.6 Å². The number of aromatic nitrogens is 1. The predicted octanol–water partition coefficient (Wildman–Crippen LogP) is 3.88. The molecule has 272 valence electrons. The lowest BCUT2D eigenvalue weighted by molar-refractivity contribution is -0.144. The maximum atomic E-state index is 14.0. The smallest absolute Gasteiger partial charge is 0.246 e. The fourth-order valence-corrected chi connectivity index (χ4v) is 7.14. The Morgan fingerprint density at radius 3 is 2.32 bits per heavy atom. The molecule has 12 nitrogen and oxygen atoms in total. The second kappa shape index (κ2) is 17.4. The van der Waals surface area contributed by atoms with Gasteiger partial charge in [-0.2, -0.15) is 5.26 Å². The van der Waals surface area contributed by atoms with Crippen LogP contribution < -0.4 is 21.7 Å². The van der Waals surface area contributed by atoms with Gasteiger partial charge in [-0.05, 0) is 55.7 Å². The lowest BCUT2D eigenvalue weighted by Crippen LogP contribution is -2.58. The summed E-state index contributed by atoms with van der Waals surface area (Å²) < 4.78 is 0. The van der Waals surface area contributed by atoms with Crippen LogP contribution in [0, 0.1) is 29.1 Å². The number of aliphatic hydroxyl groups is 1. The third-order valence-electron chi connectivity index (χ3n) is 9.63. The van der Waals surface area contributed by atoms with Gasteiger partial charge in [0.1, 0.15) is 17.5 Å². The highest BCUT2D eigenvalue weighted by Gasteiger charge is 2.53. The largest absolute Gasteiger partial charge is 0.391 e. The average Bonchev–Trinajstić information content (AvgIpc) is 3.61. The molecule has 1 aliphatic heterocycles. The molecule has 0 unspecified atom stereocenters. The first-order chi connectivity index (χ1) is 23.8. The number of nitrogens with zero attached hydrogens (tertiary/aromatic N) is 3. The van der Waals surface area contributed by atoms with Gasteiger partial charge in [0.25, 0.3) is 0 Å². The molecular weight excluding hydrogens is 655 g/mol. The van der Waals surface area contributed by atoms with Crippen LogP contribution in [0.15, 0.2) is 29.8 Å². The zero-order chi connectivity index (χ0) is 36.5. The van der Waals surface area contributed by atoms with Crippen molar-refractivity contribution >= 4 is 35.0 Å². The topological polar surface area (TPSA) is 191 Å². The van der Waals surface area contributed by atoms with E-state index in [9.17, 15) is 29.5 Å². The minimum atomic E-state index is -1.13. The van der Waals surface area contributed by atoms with Gasteiger partial charge in [0.05, 0.1) is 40.7 Å². The van der Waals surface area contributed by atoms with Gasteiger partial charge in [-0.1, -0.05) is 70.7 Å². The minimum absolute atomic E-state index is 0.0122. The van der Waals surface area contributed by atoms with Crippen molar-refractivity contribution in [1.29, 1.82) is 5.26 Å². The Morgan fingerprint density at radius 1 is 1.08 bits per heavy atom. The van der Waals surface area contributed by atoms with E-state index in [0.29, 0.717) is 25.9 Å². The number of amides is 4. The van der Waals surface area contributed by atoms with E-state index in [1.54, 1.807) is 26.3 Å². The van der Waals surface area contributed by atoms with Gasteiger partial charge in [-0.3, -0.25) is 19.2 Å². The molecule has 6 N–H and O–H groups in total. The highest BCUT2D eigenvalue weighted by Crippen LogP contribution is 2.45. The van der Waals surface area contributed by atoms with Gasteiger partial charge in [-0.25, -0.2) is 4.98 Å². The van der Waals surface area contributed by atoms with E-state index in [2.05, 4.69) is 27.0 Å². The van der Waals surface area contributed by atoms with Crippen molar-refractivity contribution < 1.29 is 24.3 Å². The van der Waals surface area contributed by atoms with Crippen molar-refractivity contribution in [1.82, 2.24) is 25.8 Å². The number of carbonyl (C=O) groups excluding carboxylic acids is 4. The van der Waals surface area contributed by atoms with Crippen LogP contribution in [0.2, 0.25) is 0 Å². The fraction of sp³-hybridized carbons (Fsp3) is 0.622. The van der Waals surface area contributed by atoms with Gasteiger partial charge >= 0.3 is 0 Å². The summed E-state index contributed by atoms with van der Waals surface area (Å²) in [6.45, 7) is 8.51. The van der Waals surface area contributed by atoms with E-state index in [0.717, 1.165) is 60.2 Å². The summed E-state index contributed by atoms with van der Waals surface area (Å²) in [6.07, 6.45) is 6.12. The number of thiazole rings is 1. The maximum absolute atomic E-state index is 14.0. The molecular formula is C37H53N7O5S. The normalized spacial score (nSPS) is 19.3. The highest BCUT2D eigenvalue weighted by atomic mass is 32.1. The number of nitrogens with one attached hydrogen (secondary N) is 3. The Bertz CT molecular complexity index is 1530. The standard InChI is InChI=1S/C37H53N7O5S/c1-24-31(50-23-41-24)26-13-11-25(12-14-26)28(20-30(46)40-18-10-8-6-5-7-9-17-38)42-33(47)29-19-27(45)21-44(29)34(48)32(36(2,3)4)43-35(49)37(22-39)15-16-37/h11-14,23,27-29,32,45H,5-10,15-21,38H2,1-4H3,(H,40,46)(H,42,47)(H,43,49)/t27-,28+,29+,32-/m1/s1. The fourth-order valence-electron chi connectivity index (χ4n) is 6.33. The maximum Gasteiger partial charge on any atom is 0.246 e. The average molecular weight is 708 g/mol. The molecule has 1 aromatic carbocycles. The van der Waals surface area contributed by atoms with Crippen LogP contribution in [0.4, 0.5) is 0 Å². The SMILES string of the molecule is Cc1ncsc1-c1ccc([C@H](CC(=O)NCCCCCCCCN)NC(=O)[C@@H]2C[C@@H](O)CN2C(=O)[C@@H](NC(=O)C2(C#N)CC2)C(C)(C)C)cc1. The van der Waals surface area contributed by atoms with E-state index in [-0.39, 0.29) is 25.3 Å². The molecule has 0 bridgehead atoms. The molecule has 2 aliphatic rings. The number of aryl methyl sites for hydroxylation is 1. The molecule has 2 fully saturated rings. The number of benzene rings is 1. The van der Waals surface area contributed by atoms with Crippen molar-refractivity contribution in [2.45, 2.75) is 116 Å². The number of aliphatic hydroxyl groups excluding tert-OH is 1. The Hall–Kier alpha value is -3.86. The van der Waals surface area contributed by atoms with Gasteiger partial charge < -0.3 is 31.7 Å². The molecule has 13 heteroatoms. The summed E-state index contributed by atoms with van der Waals surface area (Å²) in [6, 6.07) is 6.97. The summed E-state index contributed by atoms with van der Waals surface area (Å²) in [4.78, 5) is 60.9. The molecule has 0 radical (unpaired) electrons. The van der Waals surface area contributed by atoms with E-state index < -0.39 is 52.8 Å². The Kier molecular flexibility index (Phi) is 13.5. The van der Waals surface area contributed by atoms with E-state index >= 15 is 0 Å². The van der Waals surface area contributed by atoms with Gasteiger partial charge in [0.15, 0.2) is 0 Å². The summed E-state index contributed by atoms with van der Waals surface area (Å²) in [5.41, 5.74) is 8.11. The number of nitriles is 1. The van der Waals surface area contributed by atoms with Gasteiger partial charge in [0, 0.05) is 19.5 Å². The summed E-state index contributed by atoms with van der Waals surface area (Å²) in [7, 11) is 0. The first-order valence-corrected chi connectivity index (χ1v) is 18.7. The van der Waals surface area contributed by atoms with Crippen LogP contribution >= 0.6 is 11.3 Å². The second-order valence-corrected chi connectivity index (χ2v) is 15.6. The second-order valence-electron chi connectivity index (χ2n) is 14.8. The number of carbonyl (C=O) groups is 4. The molecule has 1 saturated carbocycles. The van der Waals surface area contributed by atoms with Crippen LogP contribution in [0.5, 0.6) is 0 Å². The lowest BCUT2D eigenvalue weighted by Gasteiger charge is -2.36. The highest BCUT2D eigenvalue weighted by molar-refractivity contribution is 7.13. The molecule has 1 aliphatic carbocycles. The molecule has 50 heavy (non-hydrogen) atoms. The molecule has 4 amide bonds. The van der Waals surface area contributed by atoms with E-state index in [4.69, 9.17) is 5.73 Å². The Morgan fingerprint density at radius 2 is 1.74 bits per heavy atom. The molecule has 1 saturated heterocycles. The van der Waals surface area contributed by atoms with Crippen LogP contribution in [-0.2, 0) is 19.2 Å². The van der Waals surface area contributed by atoms with Crippen LogP contribution in [0.25, 0.3) is 10.4 Å². The Balaban J connectivity index is 1.48. The van der Waals surface area contributed by atoms with Crippen molar-refractivity contribution in [3.05, 3.63) is 41.0 Å². The van der Waals surface area contributed by atoms with Crippen LogP contribution in [-0.4, -0.2) is 76.4 Å². The number of hydrogen-bond acceptors (Lipinski definition) is 9. The number of likely N-dealkylation sites (tertiary alicyclic amines) is 1. The number of β-amino-alcohol motifs (C(OH)–C–C–N with tert-alkyl or cyclic N) is 1. The van der Waals surface area contributed by atoms with Crippen molar-refractivity contribution in [3.8, 4) is 16.5 Å². The van der Waals surface area contributed by atoms with E-state index in [1.807, 2.05) is 31.2 Å². The van der Waals surface area contributed by atoms with Crippen LogP contribution in [0.3, 0.4) is 0 Å². The molecule has 0 spiro atoms. The third-order valence-corrected chi connectivity index (χ3v) is 10.6. The van der Waals surface area contributed by atoms with Crippen molar-refractivity contribution in [2.24, 2.45) is 16.6 Å². The van der Waals surface area contributed by atoms with Gasteiger partial charge in [0.2, 0.25) is 23.6 Å². The number of unbranched alkanes of at least 4 members (excludes halogenated alkanes) is 5. The number of rotatable bonds is 17. The molecule has 2 aromatic rings. The Labute approximate surface area is 299 Å². The van der Waals surface area contributed by atoms with Crippen LogP contribution in [0.1, 0.15) is 102 Å². The monoisotopic (exact) mass is 707 g/mol. The summed E-state index contributed by atoms with van der Waals surface area (Å²) >= 11 is 1.54. The number of hydrogen-bond donors (Lipinski definition) is 5. The predicted molar refractivity (Wildman–Crippen MR) is 192 cm³/mol. The summed E-state index contributed by atoms with van der Waals surface area (Å²) in [5.74, 6) is -1.70. The number of nitrogens with two attached hydrogens (primary N) is 1. The quantitative estimate of drug-likeness (QED) is 0.153. The molecule has 1 aromatic heterocycles. The first-order valence-electron chi connectivity index (χ1n) is 17.8. The zero-order valence-corrected chi connectivity index (χ0v) is 30.6. The first kappa shape index (κ1) is 38.9. The minimum Gasteiger partial charge on any atom is -0.391 e. The molecule has 4 rings (SSSR count). The molecule has 2 heterocycles. The van der Waals surface area contributed by atoms with Crippen molar-refractivity contribution in [3.63, 3.8) is 0 Å². The summed E-state index contributed by atoms with van der Waals surface area (Å²) in [5, 5.41) is 29.0.